The van der Waals surface area contributed by atoms with E-state index in [9.17, 15) is 0 Å². The molecule has 0 aliphatic rings. The maximum atomic E-state index is 6.04. The number of anilines is 1. The van der Waals surface area contributed by atoms with Gasteiger partial charge in [0, 0.05) is 33.3 Å². The Morgan fingerprint density at radius 3 is 2.75 bits per heavy atom. The van der Waals surface area contributed by atoms with Gasteiger partial charge in [0.15, 0.2) is 0 Å². The molecule has 4 heteroatoms. The van der Waals surface area contributed by atoms with Crippen LogP contribution in [0.1, 0.15) is 5.56 Å². The summed E-state index contributed by atoms with van der Waals surface area (Å²) in [6.45, 7) is 2.02. The maximum absolute atomic E-state index is 6.04. The van der Waals surface area contributed by atoms with Crippen molar-refractivity contribution in [3.8, 4) is 11.5 Å². The Morgan fingerprint density at radius 2 is 1.90 bits per heavy atom. The van der Waals surface area contributed by atoms with Crippen LogP contribution in [0.5, 0.6) is 11.5 Å². The Hall–Kier alpha value is -2.07. The van der Waals surface area contributed by atoms with Gasteiger partial charge in [-0.05, 0) is 42.8 Å². The predicted molar refractivity (Wildman–Crippen MR) is 85.1 cm³/mol. The molecule has 0 bridgehead atoms. The summed E-state index contributed by atoms with van der Waals surface area (Å²) in [7, 11) is 0. The summed E-state index contributed by atoms with van der Waals surface area (Å²) in [5.74, 6) is 1.60. The second kappa shape index (κ2) is 5.13. The molecule has 1 aromatic heterocycles. The second-order valence-electron chi connectivity index (χ2n) is 4.59. The number of aromatic nitrogens is 1. The lowest BCUT2D eigenvalue weighted by molar-refractivity contribution is 0.484. The lowest BCUT2D eigenvalue weighted by Gasteiger charge is -2.12. The molecule has 0 spiro atoms. The smallest absolute Gasteiger partial charge is 0.135 e. The van der Waals surface area contributed by atoms with E-state index in [1.165, 1.54) is 0 Å². The van der Waals surface area contributed by atoms with Crippen LogP contribution in [0.4, 0.5) is 5.69 Å². The molecule has 0 unspecified atom stereocenters. The topological polar surface area (TPSA) is 48.1 Å². The van der Waals surface area contributed by atoms with Gasteiger partial charge in [0.05, 0.1) is 0 Å². The Bertz CT molecular complexity index is 787. The molecule has 0 amide bonds. The normalized spacial score (nSPS) is 10.7. The zero-order chi connectivity index (χ0) is 14.1. The molecular formula is C16H13BrN2O. The lowest BCUT2D eigenvalue weighted by atomic mass is 10.1. The minimum Gasteiger partial charge on any atom is -0.456 e. The van der Waals surface area contributed by atoms with Crippen molar-refractivity contribution in [3.63, 3.8) is 0 Å². The van der Waals surface area contributed by atoms with Crippen molar-refractivity contribution in [2.45, 2.75) is 6.92 Å². The van der Waals surface area contributed by atoms with Crippen molar-refractivity contribution in [1.29, 1.82) is 0 Å². The van der Waals surface area contributed by atoms with E-state index in [1.54, 1.807) is 12.4 Å². The Labute approximate surface area is 125 Å². The Morgan fingerprint density at radius 1 is 1.05 bits per heavy atom. The lowest BCUT2D eigenvalue weighted by Crippen LogP contribution is -1.92. The predicted octanol–water partition coefficient (Wildman–Crippen LogP) is 4.68. The van der Waals surface area contributed by atoms with Gasteiger partial charge in [-0.25, -0.2) is 0 Å². The van der Waals surface area contributed by atoms with Gasteiger partial charge in [-0.15, -0.1) is 0 Å². The number of pyridine rings is 1. The van der Waals surface area contributed by atoms with E-state index in [0.717, 1.165) is 32.3 Å². The van der Waals surface area contributed by atoms with Gasteiger partial charge in [-0.3, -0.25) is 4.98 Å². The highest BCUT2D eigenvalue weighted by Gasteiger charge is 2.08. The van der Waals surface area contributed by atoms with E-state index in [1.807, 2.05) is 43.3 Å². The molecule has 20 heavy (non-hydrogen) atoms. The SMILES string of the molecule is Cc1ccc(Br)cc1Oc1ccc(N)c2cnccc12. The number of nitrogens with two attached hydrogens (primary N) is 1. The van der Waals surface area contributed by atoms with Crippen LogP contribution in [0.15, 0.2) is 53.3 Å². The fourth-order valence-electron chi connectivity index (χ4n) is 2.08. The number of benzene rings is 2. The molecule has 0 fully saturated rings. The summed E-state index contributed by atoms with van der Waals surface area (Å²) in [5.41, 5.74) is 7.75. The largest absolute Gasteiger partial charge is 0.456 e. The molecule has 2 aromatic carbocycles. The molecule has 1 heterocycles. The van der Waals surface area contributed by atoms with Gasteiger partial charge < -0.3 is 10.5 Å². The zero-order valence-electron chi connectivity index (χ0n) is 10.9. The van der Waals surface area contributed by atoms with Gasteiger partial charge in [-0.1, -0.05) is 22.0 Å². The summed E-state index contributed by atoms with van der Waals surface area (Å²) in [5, 5.41) is 1.86. The summed E-state index contributed by atoms with van der Waals surface area (Å²) in [6.07, 6.45) is 3.49. The highest BCUT2D eigenvalue weighted by atomic mass is 79.9. The monoisotopic (exact) mass is 328 g/mol. The van der Waals surface area contributed by atoms with Gasteiger partial charge >= 0.3 is 0 Å². The standard InChI is InChI=1S/C16H13BrN2O/c1-10-2-3-11(17)8-16(10)20-15-5-4-14(18)13-9-19-7-6-12(13)15/h2-9H,18H2,1H3. The molecule has 0 atom stereocenters. The molecule has 0 radical (unpaired) electrons. The first-order valence-electron chi connectivity index (χ1n) is 6.21. The molecule has 0 saturated carbocycles. The van der Waals surface area contributed by atoms with E-state index in [4.69, 9.17) is 10.5 Å². The van der Waals surface area contributed by atoms with Gasteiger partial charge in [0.1, 0.15) is 11.5 Å². The van der Waals surface area contributed by atoms with Gasteiger partial charge in [0.2, 0.25) is 0 Å². The van der Waals surface area contributed by atoms with E-state index >= 15 is 0 Å². The minimum absolute atomic E-state index is 0.700. The van der Waals surface area contributed by atoms with Gasteiger partial charge in [-0.2, -0.15) is 0 Å². The van der Waals surface area contributed by atoms with Crippen LogP contribution in [0, 0.1) is 6.92 Å². The molecule has 2 N–H and O–H groups in total. The first-order valence-corrected chi connectivity index (χ1v) is 7.00. The number of nitrogen functional groups attached to an aromatic ring is 1. The first kappa shape index (κ1) is 12.9. The van der Waals surface area contributed by atoms with Crippen LogP contribution in [-0.4, -0.2) is 4.98 Å². The quantitative estimate of drug-likeness (QED) is 0.695. The number of aryl methyl sites for hydroxylation is 1. The number of rotatable bonds is 2. The van der Waals surface area contributed by atoms with Gasteiger partial charge in [0.25, 0.3) is 0 Å². The summed E-state index contributed by atoms with van der Waals surface area (Å²) in [4.78, 5) is 4.11. The second-order valence-corrected chi connectivity index (χ2v) is 5.50. The van der Waals surface area contributed by atoms with Crippen molar-refractivity contribution in [2.24, 2.45) is 0 Å². The van der Waals surface area contributed by atoms with Crippen molar-refractivity contribution >= 4 is 32.4 Å². The number of fused-ring (bicyclic) bond motifs is 1. The van der Waals surface area contributed by atoms with Crippen LogP contribution < -0.4 is 10.5 Å². The number of hydrogen-bond donors (Lipinski definition) is 1. The number of halogens is 1. The maximum Gasteiger partial charge on any atom is 0.135 e. The van der Waals surface area contributed by atoms with Crippen molar-refractivity contribution < 1.29 is 4.74 Å². The fraction of sp³-hybridized carbons (Fsp3) is 0.0625. The van der Waals surface area contributed by atoms with Crippen LogP contribution in [0.25, 0.3) is 10.8 Å². The van der Waals surface area contributed by atoms with E-state index in [0.29, 0.717) is 5.69 Å². The van der Waals surface area contributed by atoms with Crippen molar-refractivity contribution in [3.05, 3.63) is 58.8 Å². The first-order chi connectivity index (χ1) is 9.65. The third-order valence-electron chi connectivity index (χ3n) is 3.18. The van der Waals surface area contributed by atoms with Crippen molar-refractivity contribution in [2.75, 3.05) is 5.73 Å². The summed E-state index contributed by atoms with van der Waals surface area (Å²) >= 11 is 3.46. The summed E-state index contributed by atoms with van der Waals surface area (Å²) in [6, 6.07) is 11.6. The minimum atomic E-state index is 0.700. The Balaban J connectivity index is 2.11. The molecule has 100 valence electrons. The van der Waals surface area contributed by atoms with E-state index in [-0.39, 0.29) is 0 Å². The average Bonchev–Trinajstić information content (AvgIpc) is 2.46. The highest BCUT2D eigenvalue weighted by molar-refractivity contribution is 9.10. The molecule has 3 aromatic rings. The third kappa shape index (κ3) is 2.34. The number of hydrogen-bond acceptors (Lipinski definition) is 3. The van der Waals surface area contributed by atoms with Crippen LogP contribution in [-0.2, 0) is 0 Å². The molecule has 3 rings (SSSR count). The average molecular weight is 329 g/mol. The Kier molecular flexibility index (Phi) is 3.32. The third-order valence-corrected chi connectivity index (χ3v) is 3.68. The van der Waals surface area contributed by atoms with Crippen molar-refractivity contribution in [1.82, 2.24) is 4.98 Å². The molecule has 0 saturated heterocycles. The number of ether oxygens (including phenoxy) is 1. The van der Waals surface area contributed by atoms with E-state index in [2.05, 4.69) is 20.9 Å². The van der Waals surface area contributed by atoms with E-state index < -0.39 is 0 Å². The molecular weight excluding hydrogens is 316 g/mol. The molecule has 3 nitrogen and oxygen atoms in total. The molecule has 0 aliphatic carbocycles. The van der Waals surface area contributed by atoms with Crippen LogP contribution in [0.3, 0.4) is 0 Å². The number of nitrogens with zero attached hydrogens (tertiary/aromatic N) is 1. The summed E-state index contributed by atoms with van der Waals surface area (Å²) < 4.78 is 7.03. The van der Waals surface area contributed by atoms with Crippen LogP contribution in [0.2, 0.25) is 0 Å². The molecule has 0 aliphatic heterocycles. The highest BCUT2D eigenvalue weighted by Crippen LogP contribution is 2.34. The van der Waals surface area contributed by atoms with Crippen LogP contribution >= 0.6 is 15.9 Å². The fourth-order valence-corrected chi connectivity index (χ4v) is 2.42. The zero-order valence-corrected chi connectivity index (χ0v) is 12.5.